The Kier molecular flexibility index (Phi) is 3.87. The zero-order valence-corrected chi connectivity index (χ0v) is 11.2. The topological polar surface area (TPSA) is 12.0 Å². The smallest absolute Gasteiger partial charge is 0.146 e. The van der Waals surface area contributed by atoms with Crippen LogP contribution in [0.2, 0.25) is 5.02 Å². The molecule has 2 aromatic rings. The Morgan fingerprint density at radius 3 is 2.61 bits per heavy atom. The van der Waals surface area contributed by atoms with Crippen LogP contribution in [-0.2, 0) is 6.54 Å². The van der Waals surface area contributed by atoms with Crippen LogP contribution < -0.4 is 5.32 Å². The Balaban J connectivity index is 2.16. The fourth-order valence-corrected chi connectivity index (χ4v) is 2.14. The van der Waals surface area contributed by atoms with E-state index >= 15 is 0 Å². The Labute approximate surface area is 112 Å². The van der Waals surface area contributed by atoms with Gasteiger partial charge in [0.05, 0.1) is 5.69 Å². The molecule has 0 aliphatic carbocycles. The molecule has 0 saturated carbocycles. The van der Waals surface area contributed by atoms with Crippen molar-refractivity contribution in [2.45, 2.75) is 20.4 Å². The van der Waals surface area contributed by atoms with E-state index in [1.54, 1.807) is 6.07 Å². The Morgan fingerprint density at radius 2 is 1.94 bits per heavy atom. The number of nitrogens with one attached hydrogen (secondary N) is 1. The van der Waals surface area contributed by atoms with Crippen molar-refractivity contribution in [3.63, 3.8) is 0 Å². The van der Waals surface area contributed by atoms with Crippen LogP contribution >= 0.6 is 11.6 Å². The summed E-state index contributed by atoms with van der Waals surface area (Å²) in [4.78, 5) is 0. The Bertz CT molecular complexity index is 546. The van der Waals surface area contributed by atoms with Crippen molar-refractivity contribution in [2.75, 3.05) is 5.32 Å². The van der Waals surface area contributed by atoms with E-state index in [-0.39, 0.29) is 5.82 Å². The predicted octanol–water partition coefficient (Wildman–Crippen LogP) is 4.71. The predicted molar refractivity (Wildman–Crippen MR) is 74.7 cm³/mol. The van der Waals surface area contributed by atoms with Gasteiger partial charge in [-0.25, -0.2) is 4.39 Å². The van der Waals surface area contributed by atoms with E-state index in [4.69, 9.17) is 11.6 Å². The van der Waals surface area contributed by atoms with Crippen molar-refractivity contribution >= 4 is 17.3 Å². The minimum atomic E-state index is -0.238. The molecule has 0 aliphatic heterocycles. The average Bonchev–Trinajstić information content (AvgIpc) is 2.31. The van der Waals surface area contributed by atoms with Gasteiger partial charge in [-0.05, 0) is 42.7 Å². The molecular weight excluding hydrogens is 249 g/mol. The van der Waals surface area contributed by atoms with Gasteiger partial charge in [0.2, 0.25) is 0 Å². The first-order chi connectivity index (χ1) is 8.58. The van der Waals surface area contributed by atoms with Crippen LogP contribution in [0.1, 0.15) is 16.7 Å². The maximum absolute atomic E-state index is 13.6. The summed E-state index contributed by atoms with van der Waals surface area (Å²) >= 11 is 6.14. The average molecular weight is 264 g/mol. The van der Waals surface area contributed by atoms with Crippen molar-refractivity contribution in [1.29, 1.82) is 0 Å². The fourth-order valence-electron chi connectivity index (χ4n) is 1.84. The molecule has 0 saturated heterocycles. The second-order valence-corrected chi connectivity index (χ2v) is 4.79. The molecule has 0 radical (unpaired) electrons. The van der Waals surface area contributed by atoms with E-state index in [0.717, 1.165) is 16.7 Å². The van der Waals surface area contributed by atoms with E-state index < -0.39 is 0 Å². The van der Waals surface area contributed by atoms with Gasteiger partial charge in [0.25, 0.3) is 0 Å². The summed E-state index contributed by atoms with van der Waals surface area (Å²) in [5.74, 6) is -0.238. The highest BCUT2D eigenvalue weighted by molar-refractivity contribution is 6.31. The summed E-state index contributed by atoms with van der Waals surface area (Å²) in [6.45, 7) is 4.38. The Hall–Kier alpha value is -1.54. The summed E-state index contributed by atoms with van der Waals surface area (Å²) in [5, 5.41) is 3.80. The van der Waals surface area contributed by atoms with Crippen molar-refractivity contribution in [1.82, 2.24) is 0 Å². The molecule has 2 rings (SSSR count). The van der Waals surface area contributed by atoms with Gasteiger partial charge in [-0.2, -0.15) is 0 Å². The van der Waals surface area contributed by atoms with Crippen LogP contribution in [0.5, 0.6) is 0 Å². The summed E-state index contributed by atoms with van der Waals surface area (Å²) in [6, 6.07) is 10.9. The third-order valence-corrected chi connectivity index (χ3v) is 3.24. The van der Waals surface area contributed by atoms with Crippen LogP contribution in [0.15, 0.2) is 36.4 Å². The van der Waals surface area contributed by atoms with E-state index in [0.29, 0.717) is 17.3 Å². The number of para-hydroxylation sites is 1. The molecule has 18 heavy (non-hydrogen) atoms. The van der Waals surface area contributed by atoms with Gasteiger partial charge in [-0.3, -0.25) is 0 Å². The first-order valence-corrected chi connectivity index (χ1v) is 6.20. The molecule has 3 heteroatoms. The van der Waals surface area contributed by atoms with E-state index in [2.05, 4.69) is 5.32 Å². The zero-order valence-electron chi connectivity index (χ0n) is 10.4. The van der Waals surface area contributed by atoms with Gasteiger partial charge >= 0.3 is 0 Å². The molecule has 1 nitrogen and oxygen atoms in total. The van der Waals surface area contributed by atoms with Gasteiger partial charge in [-0.1, -0.05) is 35.9 Å². The number of aryl methyl sites for hydroxylation is 2. The molecule has 2 aromatic carbocycles. The third-order valence-electron chi connectivity index (χ3n) is 2.89. The highest BCUT2D eigenvalue weighted by Crippen LogP contribution is 2.22. The van der Waals surface area contributed by atoms with Crippen LogP contribution in [0.25, 0.3) is 0 Å². The van der Waals surface area contributed by atoms with Crippen molar-refractivity contribution in [3.8, 4) is 0 Å². The molecule has 0 spiro atoms. The normalized spacial score (nSPS) is 10.4. The lowest BCUT2D eigenvalue weighted by molar-refractivity contribution is 0.629. The summed E-state index contributed by atoms with van der Waals surface area (Å²) in [5.41, 5.74) is 3.50. The SMILES string of the molecule is Cc1ccc(CNc2c(C)cccc2F)c(Cl)c1. The van der Waals surface area contributed by atoms with Crippen LogP contribution in [-0.4, -0.2) is 0 Å². The van der Waals surface area contributed by atoms with Gasteiger partial charge in [0.15, 0.2) is 0 Å². The maximum Gasteiger partial charge on any atom is 0.146 e. The molecule has 0 fully saturated rings. The standard InChI is InChI=1S/C15H15ClFN/c1-10-6-7-12(13(16)8-10)9-18-15-11(2)4-3-5-14(15)17/h3-8,18H,9H2,1-2H3. The van der Waals surface area contributed by atoms with Crippen LogP contribution in [0.3, 0.4) is 0 Å². The molecule has 0 unspecified atom stereocenters. The number of halogens is 2. The minimum Gasteiger partial charge on any atom is -0.378 e. The van der Waals surface area contributed by atoms with Gasteiger partial charge in [0, 0.05) is 11.6 Å². The van der Waals surface area contributed by atoms with Gasteiger partial charge in [-0.15, -0.1) is 0 Å². The summed E-state index contributed by atoms with van der Waals surface area (Å²) < 4.78 is 13.6. The molecule has 0 atom stereocenters. The largest absolute Gasteiger partial charge is 0.378 e. The lowest BCUT2D eigenvalue weighted by Crippen LogP contribution is -2.03. The van der Waals surface area contributed by atoms with Gasteiger partial charge in [0.1, 0.15) is 5.82 Å². The lowest BCUT2D eigenvalue weighted by atomic mass is 10.1. The molecule has 0 aliphatic rings. The number of anilines is 1. The van der Waals surface area contributed by atoms with E-state index in [1.807, 2.05) is 38.1 Å². The molecule has 0 bridgehead atoms. The molecular formula is C15H15ClFN. The quantitative estimate of drug-likeness (QED) is 0.846. The molecule has 0 heterocycles. The first-order valence-electron chi connectivity index (χ1n) is 5.82. The molecule has 0 aromatic heterocycles. The van der Waals surface area contributed by atoms with E-state index in [1.165, 1.54) is 6.07 Å². The van der Waals surface area contributed by atoms with Crippen molar-refractivity contribution in [2.24, 2.45) is 0 Å². The van der Waals surface area contributed by atoms with E-state index in [9.17, 15) is 4.39 Å². The first kappa shape index (κ1) is 12.9. The van der Waals surface area contributed by atoms with Crippen molar-refractivity contribution in [3.05, 3.63) is 63.9 Å². The fraction of sp³-hybridized carbons (Fsp3) is 0.200. The summed E-state index contributed by atoms with van der Waals surface area (Å²) in [7, 11) is 0. The second-order valence-electron chi connectivity index (χ2n) is 4.38. The second kappa shape index (κ2) is 5.40. The number of rotatable bonds is 3. The zero-order chi connectivity index (χ0) is 13.1. The molecule has 0 amide bonds. The van der Waals surface area contributed by atoms with Crippen molar-refractivity contribution < 1.29 is 4.39 Å². The molecule has 1 N–H and O–H groups in total. The Morgan fingerprint density at radius 1 is 1.17 bits per heavy atom. The summed E-state index contributed by atoms with van der Waals surface area (Å²) in [6.07, 6.45) is 0. The number of hydrogen-bond acceptors (Lipinski definition) is 1. The number of benzene rings is 2. The minimum absolute atomic E-state index is 0.238. The highest BCUT2D eigenvalue weighted by atomic mass is 35.5. The maximum atomic E-state index is 13.6. The lowest BCUT2D eigenvalue weighted by Gasteiger charge is -2.11. The highest BCUT2D eigenvalue weighted by Gasteiger charge is 2.06. The van der Waals surface area contributed by atoms with Gasteiger partial charge < -0.3 is 5.32 Å². The van der Waals surface area contributed by atoms with Crippen LogP contribution in [0.4, 0.5) is 10.1 Å². The molecule has 94 valence electrons. The monoisotopic (exact) mass is 263 g/mol. The third kappa shape index (κ3) is 2.82. The van der Waals surface area contributed by atoms with Crippen LogP contribution in [0, 0.1) is 19.7 Å². The number of hydrogen-bond donors (Lipinski definition) is 1.